The van der Waals surface area contributed by atoms with E-state index in [2.05, 4.69) is 36.3 Å². The van der Waals surface area contributed by atoms with Gasteiger partial charge in [0.25, 0.3) is 0 Å². The van der Waals surface area contributed by atoms with Crippen LogP contribution < -0.4 is 20.5 Å². The van der Waals surface area contributed by atoms with E-state index in [4.69, 9.17) is 26.8 Å². The van der Waals surface area contributed by atoms with Crippen molar-refractivity contribution in [1.29, 1.82) is 0 Å². The Morgan fingerprint density at radius 2 is 1.86 bits per heavy atom. The van der Waals surface area contributed by atoms with Crippen LogP contribution in [0.2, 0.25) is 5.02 Å². The smallest absolute Gasteiger partial charge is 0.329 e. The Morgan fingerprint density at radius 3 is 2.56 bits per heavy atom. The fraction of sp³-hybridized carbons (Fsp3) is 0.537. The van der Waals surface area contributed by atoms with Gasteiger partial charge in [0.05, 0.1) is 12.0 Å². The van der Waals surface area contributed by atoms with E-state index in [1.54, 1.807) is 12.1 Å². The van der Waals surface area contributed by atoms with Crippen molar-refractivity contribution < 1.29 is 24.2 Å². The number of carboxylic acids is 1. The fourth-order valence-electron chi connectivity index (χ4n) is 9.45. The summed E-state index contributed by atoms with van der Waals surface area (Å²) in [6, 6.07) is 15.7. The summed E-state index contributed by atoms with van der Waals surface area (Å²) in [7, 11) is 0. The number of primary amides is 1. The molecule has 1 amide bonds. The van der Waals surface area contributed by atoms with E-state index in [0.29, 0.717) is 42.0 Å². The molecule has 4 N–H and O–H groups in total. The van der Waals surface area contributed by atoms with Crippen molar-refractivity contribution in [1.82, 2.24) is 4.98 Å². The van der Waals surface area contributed by atoms with E-state index < -0.39 is 16.9 Å². The van der Waals surface area contributed by atoms with Crippen LogP contribution in [0.1, 0.15) is 106 Å². The molecule has 2 saturated carbocycles. The van der Waals surface area contributed by atoms with Crippen LogP contribution in [-0.4, -0.2) is 40.7 Å². The van der Waals surface area contributed by atoms with Crippen molar-refractivity contribution >= 4 is 29.2 Å². The first kappa shape index (κ1) is 34.7. The van der Waals surface area contributed by atoms with Crippen LogP contribution in [0.25, 0.3) is 0 Å². The molecule has 0 bridgehead atoms. The lowest BCUT2D eigenvalue weighted by atomic mass is 9.59. The summed E-state index contributed by atoms with van der Waals surface area (Å²) in [6.45, 7) is 5.45. The Hall–Kier alpha value is -3.78. The maximum atomic E-state index is 13.0. The average Bonchev–Trinajstić information content (AvgIpc) is 3.35. The van der Waals surface area contributed by atoms with Crippen molar-refractivity contribution in [3.05, 3.63) is 82.1 Å². The number of nitrogens with one attached hydrogen (secondary N) is 1. The maximum absolute atomic E-state index is 13.0. The number of aliphatic carboxylic acids is 1. The van der Waals surface area contributed by atoms with Crippen LogP contribution in [0.3, 0.4) is 0 Å². The maximum Gasteiger partial charge on any atom is 0.329 e. The number of rotatable bonds is 12. The van der Waals surface area contributed by atoms with Crippen LogP contribution in [0.4, 0.5) is 5.69 Å². The first-order valence-corrected chi connectivity index (χ1v) is 18.8. The van der Waals surface area contributed by atoms with Gasteiger partial charge in [-0.25, -0.2) is 4.79 Å². The predicted octanol–water partition coefficient (Wildman–Crippen LogP) is 8.23. The van der Waals surface area contributed by atoms with Gasteiger partial charge < -0.3 is 25.6 Å². The number of benzene rings is 2. The van der Waals surface area contributed by atoms with E-state index in [1.807, 2.05) is 30.5 Å². The molecule has 0 saturated heterocycles. The largest absolute Gasteiger partial charge is 0.493 e. The molecule has 0 radical (unpaired) electrons. The third kappa shape index (κ3) is 6.44. The quantitative estimate of drug-likeness (QED) is 0.174. The summed E-state index contributed by atoms with van der Waals surface area (Å²) < 4.78 is 12.9. The molecule has 7 rings (SSSR count). The number of hydrogen-bond acceptors (Lipinski definition) is 6. The second-order valence-electron chi connectivity index (χ2n) is 15.8. The molecule has 0 aliphatic heterocycles. The molecular weight excluding hydrogens is 650 g/mol. The molecule has 1 spiro atoms. The van der Waals surface area contributed by atoms with E-state index >= 15 is 0 Å². The molecule has 1 heterocycles. The predicted molar refractivity (Wildman–Crippen MR) is 195 cm³/mol. The summed E-state index contributed by atoms with van der Waals surface area (Å²) in [4.78, 5) is 29.9. The normalized spacial score (nSPS) is 27.0. The van der Waals surface area contributed by atoms with Gasteiger partial charge in [0.2, 0.25) is 5.91 Å². The highest BCUT2D eigenvalue weighted by atomic mass is 35.5. The zero-order chi connectivity index (χ0) is 35.1. The van der Waals surface area contributed by atoms with E-state index in [9.17, 15) is 14.7 Å². The summed E-state index contributed by atoms with van der Waals surface area (Å²) in [6.07, 6.45) is 12.0. The standard InChI is InChI=1S/C41H50ClN3O5/c1-26(24-49-35-12-19-44-34-9-3-6-27(2)36(34)35)20-29-21-28-10-11-32(50-25-39(37(43)46)13-5-14-39)23-33(28)40(29)15-17-41(18-16-40,38(47)48)45-31-8-4-7-30(42)22-31/h4,7-8,10-12,19,22-23,26-27,29,45H,3,5-6,9,13-18,20-21,24-25H2,1-2H3,(H2,43,46)(H,47,48)/t26-,27-,29?,40?,41?/m1/s1. The molecule has 50 heavy (non-hydrogen) atoms. The number of aromatic nitrogens is 1. The van der Waals surface area contributed by atoms with Gasteiger partial charge in [-0.05, 0) is 141 Å². The third-order valence-electron chi connectivity index (χ3n) is 12.6. The number of nitrogens with zero attached hydrogens (tertiary/aromatic N) is 1. The lowest BCUT2D eigenvalue weighted by molar-refractivity contribution is -0.144. The molecule has 3 atom stereocenters. The number of pyridine rings is 1. The van der Waals surface area contributed by atoms with Gasteiger partial charge in [0, 0.05) is 28.2 Å². The molecule has 9 heteroatoms. The van der Waals surface area contributed by atoms with Crippen molar-refractivity contribution in [2.45, 2.75) is 108 Å². The second kappa shape index (κ2) is 13.7. The molecule has 266 valence electrons. The molecule has 2 fully saturated rings. The number of anilines is 1. The summed E-state index contributed by atoms with van der Waals surface area (Å²) >= 11 is 6.28. The Kier molecular flexibility index (Phi) is 9.52. The fourth-order valence-corrected chi connectivity index (χ4v) is 9.64. The number of aryl methyl sites for hydroxylation is 1. The highest BCUT2D eigenvalue weighted by molar-refractivity contribution is 6.30. The Morgan fingerprint density at radius 1 is 1.06 bits per heavy atom. The Bertz CT molecular complexity index is 1750. The summed E-state index contributed by atoms with van der Waals surface area (Å²) in [5, 5.41) is 14.6. The van der Waals surface area contributed by atoms with Gasteiger partial charge in [0.15, 0.2) is 0 Å². The lowest BCUT2D eigenvalue weighted by Crippen LogP contribution is -2.53. The number of carbonyl (C=O) groups excluding carboxylic acids is 1. The minimum atomic E-state index is -1.10. The molecule has 2 aromatic carbocycles. The second-order valence-corrected chi connectivity index (χ2v) is 16.2. The highest BCUT2D eigenvalue weighted by Crippen LogP contribution is 2.57. The van der Waals surface area contributed by atoms with Crippen molar-refractivity contribution in [2.75, 3.05) is 18.5 Å². The van der Waals surface area contributed by atoms with Crippen molar-refractivity contribution in [2.24, 2.45) is 23.0 Å². The van der Waals surface area contributed by atoms with E-state index in [0.717, 1.165) is 69.3 Å². The minimum Gasteiger partial charge on any atom is -0.493 e. The van der Waals surface area contributed by atoms with Gasteiger partial charge in [-0.1, -0.05) is 44.0 Å². The van der Waals surface area contributed by atoms with E-state index in [1.165, 1.54) is 28.8 Å². The Balaban J connectivity index is 1.13. The molecule has 4 aliphatic carbocycles. The molecule has 4 aliphatic rings. The molecule has 1 aromatic heterocycles. The topological polar surface area (TPSA) is 124 Å². The van der Waals surface area contributed by atoms with Gasteiger partial charge in [-0.2, -0.15) is 0 Å². The van der Waals surface area contributed by atoms with Crippen molar-refractivity contribution in [3.63, 3.8) is 0 Å². The van der Waals surface area contributed by atoms with Crippen LogP contribution >= 0.6 is 11.6 Å². The highest BCUT2D eigenvalue weighted by Gasteiger charge is 2.54. The zero-order valence-corrected chi connectivity index (χ0v) is 30.1. The third-order valence-corrected chi connectivity index (χ3v) is 12.8. The molecule has 3 aromatic rings. The monoisotopic (exact) mass is 699 g/mol. The summed E-state index contributed by atoms with van der Waals surface area (Å²) in [5.41, 5.74) is 9.61. The van der Waals surface area contributed by atoms with Gasteiger partial charge in [-0.3, -0.25) is 9.78 Å². The van der Waals surface area contributed by atoms with Gasteiger partial charge in [-0.15, -0.1) is 0 Å². The SMILES string of the molecule is C[C@@H](COc1ccnc2c1[C@H](C)CCC2)CC1Cc2ccc(OCC3(C(N)=O)CCC3)cc2C12CCC(Nc1cccc(Cl)c1)(C(=O)O)CC2. The first-order chi connectivity index (χ1) is 24.0. The zero-order valence-electron chi connectivity index (χ0n) is 29.3. The number of ether oxygens (including phenoxy) is 2. The number of halogens is 1. The molecule has 8 nitrogen and oxygen atoms in total. The number of carboxylic acid groups (broad SMARTS) is 1. The van der Waals surface area contributed by atoms with Crippen LogP contribution in [0, 0.1) is 17.3 Å². The van der Waals surface area contributed by atoms with Gasteiger partial charge in [0.1, 0.15) is 23.6 Å². The molecular formula is C41H50ClN3O5. The number of nitrogens with two attached hydrogens (primary N) is 1. The van der Waals surface area contributed by atoms with Crippen molar-refractivity contribution in [3.8, 4) is 11.5 Å². The molecule has 1 unspecified atom stereocenters. The van der Waals surface area contributed by atoms with E-state index in [-0.39, 0.29) is 23.8 Å². The van der Waals surface area contributed by atoms with Crippen LogP contribution in [-0.2, 0) is 27.8 Å². The average molecular weight is 700 g/mol. The first-order valence-electron chi connectivity index (χ1n) is 18.5. The van der Waals surface area contributed by atoms with Crippen LogP contribution in [0.5, 0.6) is 11.5 Å². The number of amides is 1. The van der Waals surface area contributed by atoms with Crippen LogP contribution in [0.15, 0.2) is 54.7 Å². The number of hydrogen-bond donors (Lipinski definition) is 3. The minimum absolute atomic E-state index is 0.208. The number of fused-ring (bicyclic) bond motifs is 3. The van der Waals surface area contributed by atoms with Gasteiger partial charge >= 0.3 is 5.97 Å². The summed E-state index contributed by atoms with van der Waals surface area (Å²) in [5.74, 6) is 1.64. The Labute approximate surface area is 300 Å². The lowest BCUT2D eigenvalue weighted by Gasteiger charge is -2.47. The number of carbonyl (C=O) groups is 2.